The lowest BCUT2D eigenvalue weighted by Crippen LogP contribution is -2.49. The van der Waals surface area contributed by atoms with Crippen LogP contribution >= 0.6 is 11.6 Å². The molecule has 0 unspecified atom stereocenters. The molecule has 8 nitrogen and oxygen atoms in total. The number of methoxy groups -OCH3 is 1. The van der Waals surface area contributed by atoms with Crippen molar-refractivity contribution in [3.63, 3.8) is 0 Å². The molecule has 1 atom stereocenters. The van der Waals surface area contributed by atoms with E-state index >= 15 is 0 Å². The summed E-state index contributed by atoms with van der Waals surface area (Å²) in [6.07, 6.45) is 0. The third kappa shape index (κ3) is 6.14. The molecule has 1 aliphatic heterocycles. The number of piperazine rings is 1. The quantitative estimate of drug-likeness (QED) is 0.268. The normalized spacial score (nSPS) is 15.1. The van der Waals surface area contributed by atoms with Gasteiger partial charge in [-0.2, -0.15) is 0 Å². The second kappa shape index (κ2) is 12.6. The van der Waals surface area contributed by atoms with Crippen molar-refractivity contribution in [2.45, 2.75) is 13.0 Å². The molecule has 1 amide bonds. The van der Waals surface area contributed by atoms with Crippen LogP contribution in [0.3, 0.4) is 0 Å². The number of hydrogen-bond acceptors (Lipinski definition) is 6. The van der Waals surface area contributed by atoms with E-state index in [2.05, 4.69) is 56.5 Å². The number of halogens is 1. The highest BCUT2D eigenvalue weighted by molar-refractivity contribution is 6.30. The average molecular weight is 561 g/mol. The summed E-state index contributed by atoms with van der Waals surface area (Å²) in [7, 11) is 1.58. The van der Waals surface area contributed by atoms with Crippen LogP contribution in [-0.2, 0) is 9.53 Å². The number of hydrogen-bond donors (Lipinski definition) is 2. The Labute approximate surface area is 238 Å². The molecule has 0 radical (unpaired) electrons. The summed E-state index contributed by atoms with van der Waals surface area (Å²) in [5.74, 6) is -0.0852. The molecule has 1 saturated heterocycles. The average Bonchev–Trinajstić information content (AvgIpc) is 3.33. The molecule has 4 aromatic rings. The second-order valence-electron chi connectivity index (χ2n) is 9.73. The van der Waals surface area contributed by atoms with Crippen LogP contribution in [0.15, 0.2) is 72.8 Å². The van der Waals surface area contributed by atoms with Crippen LogP contribution in [0.1, 0.15) is 34.6 Å². The molecule has 5 rings (SSSR count). The third-order valence-corrected chi connectivity index (χ3v) is 7.44. The molecule has 1 aliphatic rings. The minimum atomic E-state index is -0.518. The number of fused-ring (bicyclic) bond motifs is 1. The molecule has 1 fully saturated rings. The Morgan fingerprint density at radius 2 is 1.68 bits per heavy atom. The van der Waals surface area contributed by atoms with E-state index in [9.17, 15) is 9.59 Å². The molecule has 3 aromatic carbocycles. The Bertz CT molecular complexity index is 1460. The summed E-state index contributed by atoms with van der Waals surface area (Å²) < 4.78 is 10.6. The number of ether oxygens (including phenoxy) is 2. The minimum absolute atomic E-state index is 0.0998. The van der Waals surface area contributed by atoms with Crippen molar-refractivity contribution in [1.82, 2.24) is 14.8 Å². The van der Waals surface area contributed by atoms with E-state index in [1.165, 1.54) is 11.1 Å². The van der Waals surface area contributed by atoms with E-state index in [1.54, 1.807) is 26.2 Å². The van der Waals surface area contributed by atoms with Gasteiger partial charge < -0.3 is 19.8 Å². The summed E-state index contributed by atoms with van der Waals surface area (Å²) in [5.41, 5.74) is 3.74. The van der Waals surface area contributed by atoms with Gasteiger partial charge in [0.05, 0.1) is 32.0 Å². The van der Waals surface area contributed by atoms with Gasteiger partial charge in [-0.1, -0.05) is 54.1 Å². The molecule has 40 heavy (non-hydrogen) atoms. The SMILES string of the molecule is CCOC(=O)c1[nH]c2ccc(OC)cc2c1NC(=O)CN1CCN([C@H](c2ccccc2)c2ccc(Cl)cc2)CC1. The van der Waals surface area contributed by atoms with Crippen LogP contribution in [0.5, 0.6) is 5.75 Å². The standard InChI is InChI=1S/C31H33ClN4O4/c1-3-40-31(38)29-28(25-19-24(39-2)13-14-26(25)33-29)34-27(37)20-35-15-17-36(18-16-35)30(21-7-5-4-6-8-21)22-9-11-23(32)12-10-22/h4-14,19,30,33H,3,15-18,20H2,1-2H3,(H,34,37)/t30-/m1/s1. The molecule has 2 heterocycles. The number of aromatic amines is 1. The van der Waals surface area contributed by atoms with E-state index in [1.807, 2.05) is 24.3 Å². The Morgan fingerprint density at radius 3 is 2.35 bits per heavy atom. The number of nitrogens with one attached hydrogen (secondary N) is 2. The van der Waals surface area contributed by atoms with Crippen LogP contribution < -0.4 is 10.1 Å². The Balaban J connectivity index is 1.28. The lowest BCUT2D eigenvalue weighted by molar-refractivity contribution is -0.117. The van der Waals surface area contributed by atoms with E-state index in [4.69, 9.17) is 21.1 Å². The number of benzene rings is 3. The van der Waals surface area contributed by atoms with Crippen molar-refractivity contribution < 1.29 is 19.1 Å². The van der Waals surface area contributed by atoms with Crippen LogP contribution in [0.25, 0.3) is 10.9 Å². The van der Waals surface area contributed by atoms with Crippen LogP contribution in [0.4, 0.5) is 5.69 Å². The van der Waals surface area contributed by atoms with Crippen molar-refractivity contribution in [3.8, 4) is 5.75 Å². The highest BCUT2D eigenvalue weighted by Crippen LogP contribution is 2.32. The van der Waals surface area contributed by atoms with Gasteiger partial charge in [-0.3, -0.25) is 14.6 Å². The van der Waals surface area contributed by atoms with Gasteiger partial charge >= 0.3 is 5.97 Å². The number of carbonyl (C=O) groups is 2. The molecule has 1 aromatic heterocycles. The lowest BCUT2D eigenvalue weighted by atomic mass is 9.96. The van der Waals surface area contributed by atoms with Crippen molar-refractivity contribution in [1.29, 1.82) is 0 Å². The lowest BCUT2D eigenvalue weighted by Gasteiger charge is -2.39. The van der Waals surface area contributed by atoms with Gasteiger partial charge in [0.25, 0.3) is 0 Å². The largest absolute Gasteiger partial charge is 0.497 e. The van der Waals surface area contributed by atoms with Crippen molar-refractivity contribution in [3.05, 3.63) is 94.6 Å². The van der Waals surface area contributed by atoms with Crippen molar-refractivity contribution in [2.75, 3.05) is 51.8 Å². The number of aromatic nitrogens is 1. The maximum atomic E-state index is 13.2. The molecule has 9 heteroatoms. The summed E-state index contributed by atoms with van der Waals surface area (Å²) >= 11 is 6.16. The first kappa shape index (κ1) is 27.7. The van der Waals surface area contributed by atoms with Crippen LogP contribution in [-0.4, -0.2) is 73.1 Å². The van der Waals surface area contributed by atoms with Gasteiger partial charge in [0.2, 0.25) is 5.91 Å². The van der Waals surface area contributed by atoms with Crippen LogP contribution in [0.2, 0.25) is 5.02 Å². The summed E-state index contributed by atoms with van der Waals surface area (Å²) in [6, 6.07) is 24.0. The molecular weight excluding hydrogens is 528 g/mol. The fraction of sp³-hybridized carbons (Fsp3) is 0.290. The highest BCUT2D eigenvalue weighted by Gasteiger charge is 2.28. The highest BCUT2D eigenvalue weighted by atomic mass is 35.5. The van der Waals surface area contributed by atoms with Crippen molar-refractivity contribution >= 4 is 40.1 Å². The molecular formula is C31H33ClN4O4. The van der Waals surface area contributed by atoms with Gasteiger partial charge in [0.1, 0.15) is 11.4 Å². The fourth-order valence-corrected chi connectivity index (χ4v) is 5.37. The maximum Gasteiger partial charge on any atom is 0.356 e. The summed E-state index contributed by atoms with van der Waals surface area (Å²) in [5, 5.41) is 4.37. The predicted octanol–water partition coefficient (Wildman–Crippen LogP) is 5.35. The molecule has 0 aliphatic carbocycles. The third-order valence-electron chi connectivity index (χ3n) is 7.19. The first-order chi connectivity index (χ1) is 19.5. The molecule has 0 spiro atoms. The monoisotopic (exact) mass is 560 g/mol. The zero-order valence-electron chi connectivity index (χ0n) is 22.7. The molecule has 0 saturated carbocycles. The number of H-pyrrole nitrogens is 1. The topological polar surface area (TPSA) is 86.9 Å². The second-order valence-corrected chi connectivity index (χ2v) is 10.2. The maximum absolute atomic E-state index is 13.2. The number of anilines is 1. The van der Waals surface area contributed by atoms with Crippen LogP contribution in [0, 0.1) is 0 Å². The van der Waals surface area contributed by atoms with Gasteiger partial charge in [0.15, 0.2) is 0 Å². The van der Waals surface area contributed by atoms with E-state index in [-0.39, 0.29) is 30.8 Å². The van der Waals surface area contributed by atoms with Gasteiger partial charge in [-0.15, -0.1) is 0 Å². The summed E-state index contributed by atoms with van der Waals surface area (Å²) in [6.45, 7) is 5.25. The Kier molecular flexibility index (Phi) is 8.69. The Morgan fingerprint density at radius 1 is 0.975 bits per heavy atom. The zero-order valence-corrected chi connectivity index (χ0v) is 23.4. The van der Waals surface area contributed by atoms with E-state index in [0.29, 0.717) is 27.4 Å². The van der Waals surface area contributed by atoms with Gasteiger partial charge in [0, 0.05) is 42.1 Å². The smallest absolute Gasteiger partial charge is 0.356 e. The minimum Gasteiger partial charge on any atom is -0.497 e. The fourth-order valence-electron chi connectivity index (χ4n) is 5.24. The molecule has 2 N–H and O–H groups in total. The zero-order chi connectivity index (χ0) is 28.1. The molecule has 0 bridgehead atoms. The summed E-state index contributed by atoms with van der Waals surface area (Å²) in [4.78, 5) is 33.5. The van der Waals surface area contributed by atoms with Crippen molar-refractivity contribution in [2.24, 2.45) is 0 Å². The number of nitrogens with zero attached hydrogens (tertiary/aromatic N) is 2. The number of esters is 1. The van der Waals surface area contributed by atoms with Gasteiger partial charge in [-0.05, 0) is 48.4 Å². The number of carbonyl (C=O) groups excluding carboxylic acids is 2. The predicted molar refractivity (Wildman–Crippen MR) is 157 cm³/mol. The van der Waals surface area contributed by atoms with E-state index < -0.39 is 5.97 Å². The molecule has 208 valence electrons. The van der Waals surface area contributed by atoms with Gasteiger partial charge in [-0.25, -0.2) is 4.79 Å². The first-order valence-corrected chi connectivity index (χ1v) is 13.8. The Hall–Kier alpha value is -3.85. The number of amides is 1. The van der Waals surface area contributed by atoms with E-state index in [0.717, 1.165) is 26.2 Å². The first-order valence-electron chi connectivity index (χ1n) is 13.4. The number of rotatable bonds is 9.